The van der Waals surface area contributed by atoms with Crippen molar-refractivity contribution in [2.45, 2.75) is 44.8 Å². The van der Waals surface area contributed by atoms with Crippen LogP contribution in [0.5, 0.6) is 11.5 Å². The van der Waals surface area contributed by atoms with Gasteiger partial charge in [-0.25, -0.2) is 0 Å². The summed E-state index contributed by atoms with van der Waals surface area (Å²) >= 11 is 0. The van der Waals surface area contributed by atoms with E-state index in [2.05, 4.69) is 0 Å². The van der Waals surface area contributed by atoms with Gasteiger partial charge in [0, 0.05) is 19.1 Å². The van der Waals surface area contributed by atoms with Gasteiger partial charge in [-0.1, -0.05) is 0 Å². The summed E-state index contributed by atoms with van der Waals surface area (Å²) in [5.41, 5.74) is 0.632. The van der Waals surface area contributed by atoms with Gasteiger partial charge in [-0.2, -0.15) is 0 Å². The summed E-state index contributed by atoms with van der Waals surface area (Å²) in [5, 5.41) is 0. The Morgan fingerprint density at radius 3 is 2.55 bits per heavy atom. The Hall–Kier alpha value is -1.55. The van der Waals surface area contributed by atoms with E-state index in [9.17, 15) is 4.79 Å². The topological polar surface area (TPSA) is 44.8 Å². The molecule has 0 heterocycles. The van der Waals surface area contributed by atoms with Gasteiger partial charge >= 0.3 is 0 Å². The Labute approximate surface area is 120 Å². The van der Waals surface area contributed by atoms with E-state index in [1.54, 1.807) is 33.3 Å². The molecule has 1 saturated carbocycles. The summed E-state index contributed by atoms with van der Waals surface area (Å²) in [6.07, 6.45) is 4.54. The zero-order valence-electron chi connectivity index (χ0n) is 12.3. The van der Waals surface area contributed by atoms with Gasteiger partial charge in [-0.15, -0.1) is 0 Å². The molecule has 0 saturated heterocycles. The average molecular weight is 278 g/mol. The second-order valence-electron chi connectivity index (χ2n) is 5.19. The van der Waals surface area contributed by atoms with Crippen LogP contribution in [-0.4, -0.2) is 32.2 Å². The highest BCUT2D eigenvalue weighted by molar-refractivity contribution is 5.94. The number of hydrogen-bond acceptors (Lipinski definition) is 4. The first kappa shape index (κ1) is 14.9. The fraction of sp³-hybridized carbons (Fsp3) is 0.562. The van der Waals surface area contributed by atoms with Crippen LogP contribution in [0.25, 0.3) is 0 Å². The lowest BCUT2D eigenvalue weighted by Gasteiger charge is -2.29. The predicted octanol–water partition coefficient (Wildman–Crippen LogP) is 3.23. The van der Waals surface area contributed by atoms with E-state index in [1.165, 1.54) is 0 Å². The fourth-order valence-corrected chi connectivity index (χ4v) is 2.59. The van der Waals surface area contributed by atoms with Gasteiger partial charge < -0.3 is 14.2 Å². The molecule has 110 valence electrons. The van der Waals surface area contributed by atoms with Crippen LogP contribution in [0, 0.1) is 0 Å². The highest BCUT2D eigenvalue weighted by Crippen LogP contribution is 2.32. The maximum absolute atomic E-state index is 11.4. The van der Waals surface area contributed by atoms with E-state index in [0.717, 1.165) is 25.7 Å². The molecule has 4 heteroatoms. The van der Waals surface area contributed by atoms with Crippen LogP contribution < -0.4 is 9.47 Å². The van der Waals surface area contributed by atoms with Crippen molar-refractivity contribution in [3.63, 3.8) is 0 Å². The lowest BCUT2D eigenvalue weighted by Crippen LogP contribution is -2.29. The largest absolute Gasteiger partial charge is 0.493 e. The summed E-state index contributed by atoms with van der Waals surface area (Å²) in [4.78, 5) is 11.4. The molecule has 0 bridgehead atoms. The van der Waals surface area contributed by atoms with Gasteiger partial charge in [0.15, 0.2) is 17.3 Å². The number of ether oxygens (including phenoxy) is 3. The molecule has 2 atom stereocenters. The molecule has 0 aliphatic heterocycles. The standard InChI is InChI=1S/C16H22O4/c1-11(17)12-7-8-15(16(9-12)19-3)20-14-6-4-5-13(10-14)18-2/h7-9,13-14H,4-6,10H2,1-3H3. The number of ketones is 1. The van der Waals surface area contributed by atoms with Crippen LogP contribution in [0.3, 0.4) is 0 Å². The van der Waals surface area contributed by atoms with Crippen LogP contribution in [0.1, 0.15) is 43.0 Å². The predicted molar refractivity (Wildman–Crippen MR) is 76.7 cm³/mol. The molecule has 2 rings (SSSR count). The minimum absolute atomic E-state index is 0.0203. The zero-order valence-corrected chi connectivity index (χ0v) is 12.3. The number of Topliss-reactive ketones (excluding diaryl/α,β-unsaturated/α-hetero) is 1. The van der Waals surface area contributed by atoms with Crippen molar-refractivity contribution in [1.82, 2.24) is 0 Å². The highest BCUT2D eigenvalue weighted by atomic mass is 16.5. The monoisotopic (exact) mass is 278 g/mol. The lowest BCUT2D eigenvalue weighted by atomic mass is 9.95. The highest BCUT2D eigenvalue weighted by Gasteiger charge is 2.24. The molecule has 0 amide bonds. The Morgan fingerprint density at radius 1 is 1.15 bits per heavy atom. The molecule has 0 N–H and O–H groups in total. The second-order valence-corrected chi connectivity index (χ2v) is 5.19. The number of methoxy groups -OCH3 is 2. The van der Waals surface area contributed by atoms with Crippen LogP contribution in [0.2, 0.25) is 0 Å². The van der Waals surface area contributed by atoms with E-state index in [1.807, 2.05) is 6.07 Å². The third-order valence-corrected chi connectivity index (χ3v) is 3.78. The van der Waals surface area contributed by atoms with E-state index < -0.39 is 0 Å². The molecule has 0 aromatic heterocycles. The number of carbonyl (C=O) groups is 1. The van der Waals surface area contributed by atoms with Crippen molar-refractivity contribution < 1.29 is 19.0 Å². The molecular formula is C16H22O4. The fourth-order valence-electron chi connectivity index (χ4n) is 2.59. The quantitative estimate of drug-likeness (QED) is 0.776. The summed E-state index contributed by atoms with van der Waals surface area (Å²) in [5.74, 6) is 1.32. The third kappa shape index (κ3) is 3.51. The smallest absolute Gasteiger partial charge is 0.161 e. The molecule has 20 heavy (non-hydrogen) atoms. The van der Waals surface area contributed by atoms with Crippen molar-refractivity contribution >= 4 is 5.78 Å². The first-order chi connectivity index (χ1) is 9.63. The number of hydrogen-bond donors (Lipinski definition) is 0. The minimum Gasteiger partial charge on any atom is -0.493 e. The zero-order chi connectivity index (χ0) is 14.5. The first-order valence-electron chi connectivity index (χ1n) is 7.02. The maximum Gasteiger partial charge on any atom is 0.161 e. The number of rotatable bonds is 5. The van der Waals surface area contributed by atoms with Crippen LogP contribution in [0.4, 0.5) is 0 Å². The second kappa shape index (κ2) is 6.75. The molecule has 2 unspecified atom stereocenters. The van der Waals surface area contributed by atoms with Gasteiger partial charge in [0.05, 0.1) is 13.2 Å². The summed E-state index contributed by atoms with van der Waals surface area (Å²) in [7, 11) is 3.33. The Bertz CT molecular complexity index is 470. The van der Waals surface area contributed by atoms with Crippen molar-refractivity contribution in [2.24, 2.45) is 0 Å². The number of benzene rings is 1. The van der Waals surface area contributed by atoms with Gasteiger partial charge in [0.2, 0.25) is 0 Å². The third-order valence-electron chi connectivity index (χ3n) is 3.78. The molecule has 1 aliphatic rings. The van der Waals surface area contributed by atoms with Crippen molar-refractivity contribution in [2.75, 3.05) is 14.2 Å². The van der Waals surface area contributed by atoms with Gasteiger partial charge in [-0.3, -0.25) is 4.79 Å². The Kier molecular flexibility index (Phi) is 5.01. The van der Waals surface area contributed by atoms with Gasteiger partial charge in [-0.05, 0) is 44.4 Å². The van der Waals surface area contributed by atoms with E-state index in [4.69, 9.17) is 14.2 Å². The first-order valence-corrected chi connectivity index (χ1v) is 7.02. The van der Waals surface area contributed by atoms with Crippen molar-refractivity contribution in [3.05, 3.63) is 23.8 Å². The van der Waals surface area contributed by atoms with Crippen molar-refractivity contribution in [1.29, 1.82) is 0 Å². The molecule has 0 spiro atoms. The van der Waals surface area contributed by atoms with Crippen LogP contribution in [0.15, 0.2) is 18.2 Å². The normalized spacial score (nSPS) is 22.4. The van der Waals surface area contributed by atoms with E-state index in [0.29, 0.717) is 17.1 Å². The molecule has 1 fully saturated rings. The average Bonchev–Trinajstić information content (AvgIpc) is 2.47. The minimum atomic E-state index is 0.0203. The lowest BCUT2D eigenvalue weighted by molar-refractivity contribution is 0.0202. The SMILES string of the molecule is COc1cc(C(C)=O)ccc1OC1CCCC(OC)C1. The van der Waals surface area contributed by atoms with Crippen LogP contribution in [-0.2, 0) is 4.74 Å². The van der Waals surface area contributed by atoms with Crippen molar-refractivity contribution in [3.8, 4) is 11.5 Å². The molecule has 1 aromatic rings. The summed E-state index contributed by atoms with van der Waals surface area (Å²) < 4.78 is 16.8. The molecular weight excluding hydrogens is 256 g/mol. The maximum atomic E-state index is 11.4. The Balaban J connectivity index is 2.10. The number of carbonyl (C=O) groups excluding carboxylic acids is 1. The van der Waals surface area contributed by atoms with E-state index >= 15 is 0 Å². The van der Waals surface area contributed by atoms with Gasteiger partial charge in [0.25, 0.3) is 0 Å². The molecule has 4 nitrogen and oxygen atoms in total. The van der Waals surface area contributed by atoms with Crippen LogP contribution >= 0.6 is 0 Å². The van der Waals surface area contributed by atoms with Gasteiger partial charge in [0.1, 0.15) is 6.10 Å². The molecule has 0 radical (unpaired) electrons. The Morgan fingerprint density at radius 2 is 1.90 bits per heavy atom. The van der Waals surface area contributed by atoms with E-state index in [-0.39, 0.29) is 18.0 Å². The summed E-state index contributed by atoms with van der Waals surface area (Å²) in [6.45, 7) is 1.54. The summed E-state index contributed by atoms with van der Waals surface area (Å²) in [6, 6.07) is 5.32. The molecule has 1 aliphatic carbocycles. The molecule has 1 aromatic carbocycles.